The van der Waals surface area contributed by atoms with Gasteiger partial charge < -0.3 is 9.47 Å². The zero-order chi connectivity index (χ0) is 17.9. The van der Waals surface area contributed by atoms with Crippen molar-refractivity contribution in [3.8, 4) is 0 Å². The number of rotatable bonds is 2. The van der Waals surface area contributed by atoms with Crippen molar-refractivity contribution in [2.45, 2.75) is 29.2 Å². The van der Waals surface area contributed by atoms with Crippen molar-refractivity contribution in [3.05, 3.63) is 11.1 Å². The van der Waals surface area contributed by atoms with Gasteiger partial charge in [0.2, 0.25) is 0 Å². The molecule has 2 saturated carbocycles. The molecule has 23 heavy (non-hydrogen) atoms. The van der Waals surface area contributed by atoms with E-state index in [4.69, 9.17) is 81.2 Å². The van der Waals surface area contributed by atoms with Crippen molar-refractivity contribution >= 4 is 93.1 Å². The van der Waals surface area contributed by atoms with Gasteiger partial charge in [0.25, 0.3) is 0 Å². The number of halogens is 7. The number of carbonyl (C=O) groups excluding carboxylic acids is 2. The van der Waals surface area contributed by atoms with Crippen molar-refractivity contribution < 1.29 is 19.1 Å². The van der Waals surface area contributed by atoms with E-state index in [-0.39, 0.29) is 5.03 Å². The monoisotopic (exact) mass is 460 g/mol. The molecule has 4 nitrogen and oxygen atoms in total. The van der Waals surface area contributed by atoms with Gasteiger partial charge in [-0.1, -0.05) is 11.6 Å². The molecular formula is C12H7Cl7O4. The van der Waals surface area contributed by atoms with Gasteiger partial charge in [-0.25, -0.2) is 0 Å². The third-order valence-corrected chi connectivity index (χ3v) is 10.7. The molecule has 0 N–H and O–H groups in total. The van der Waals surface area contributed by atoms with Crippen LogP contribution in [-0.4, -0.2) is 55.4 Å². The third kappa shape index (κ3) is 1.18. The lowest BCUT2D eigenvalue weighted by Gasteiger charge is -2.87. The molecule has 0 aromatic heterocycles. The molecule has 128 valence electrons. The van der Waals surface area contributed by atoms with E-state index in [1.807, 2.05) is 0 Å². The molecule has 4 aliphatic rings. The summed E-state index contributed by atoms with van der Waals surface area (Å²) >= 11 is 45.2. The minimum absolute atomic E-state index is 0.160. The van der Waals surface area contributed by atoms with E-state index in [9.17, 15) is 9.59 Å². The van der Waals surface area contributed by atoms with E-state index in [0.717, 1.165) is 14.2 Å². The lowest BCUT2D eigenvalue weighted by molar-refractivity contribution is -0.175. The molecule has 0 saturated heterocycles. The first-order valence-corrected chi connectivity index (χ1v) is 8.68. The third-order valence-electron chi connectivity index (χ3n) is 4.96. The number of allylic oxidation sites excluding steroid dienone is 2. The van der Waals surface area contributed by atoms with Gasteiger partial charge in [-0.15, -0.1) is 69.6 Å². The summed E-state index contributed by atoms with van der Waals surface area (Å²) in [6.07, 6.45) is 1.17. The Kier molecular flexibility index (Phi) is 3.63. The van der Waals surface area contributed by atoms with Crippen LogP contribution in [0.25, 0.3) is 0 Å². The number of ether oxygens (including phenoxy) is 2. The Morgan fingerprint density at radius 3 is 1.74 bits per heavy atom. The van der Waals surface area contributed by atoms with Gasteiger partial charge in [0.05, 0.1) is 14.2 Å². The van der Waals surface area contributed by atoms with Crippen LogP contribution in [-0.2, 0) is 19.1 Å². The largest absolute Gasteiger partial charge is 0.468 e. The maximum Gasteiger partial charge on any atom is 0.331 e. The fourth-order valence-corrected chi connectivity index (χ4v) is 8.82. The summed E-state index contributed by atoms with van der Waals surface area (Å²) in [6.45, 7) is 0. The number of methoxy groups -OCH3 is 2. The number of hydrogen-bond donors (Lipinski definition) is 0. The minimum Gasteiger partial charge on any atom is -0.468 e. The fourth-order valence-electron chi connectivity index (χ4n) is 3.94. The number of carbonyl (C=O) groups is 2. The highest BCUT2D eigenvalue weighted by atomic mass is 35.5. The van der Waals surface area contributed by atoms with Crippen LogP contribution in [0.5, 0.6) is 0 Å². The summed E-state index contributed by atoms with van der Waals surface area (Å²) in [7, 11) is 2.17. The molecule has 11 heteroatoms. The molecule has 0 amide bonds. The predicted octanol–water partition coefficient (Wildman–Crippen LogP) is 3.36. The van der Waals surface area contributed by atoms with E-state index in [2.05, 4.69) is 9.47 Å². The van der Waals surface area contributed by atoms with E-state index in [0.29, 0.717) is 0 Å². The van der Waals surface area contributed by atoms with Crippen molar-refractivity contribution in [1.82, 2.24) is 0 Å². The van der Waals surface area contributed by atoms with E-state index < -0.39 is 41.2 Å². The van der Waals surface area contributed by atoms with E-state index in [1.54, 1.807) is 0 Å². The summed E-state index contributed by atoms with van der Waals surface area (Å²) in [5, 5.41) is -0.160. The van der Waals surface area contributed by atoms with Gasteiger partial charge in [0.1, 0.15) is 19.5 Å². The lowest BCUT2D eigenvalue weighted by Crippen LogP contribution is -3.11. The van der Waals surface area contributed by atoms with Crippen LogP contribution < -0.4 is 0 Å². The first-order valence-electron chi connectivity index (χ1n) is 6.03. The average Bonchev–Trinajstić information content (AvgIpc) is 2.53. The van der Waals surface area contributed by atoms with E-state index in [1.165, 1.54) is 6.08 Å². The van der Waals surface area contributed by atoms with Crippen LogP contribution in [0.15, 0.2) is 11.1 Å². The highest BCUT2D eigenvalue weighted by Crippen LogP contribution is 2.92. The fraction of sp³-hybridized carbons (Fsp3) is 0.667. The Morgan fingerprint density at radius 1 is 0.870 bits per heavy atom. The summed E-state index contributed by atoms with van der Waals surface area (Å²) in [4.78, 5) is 12.5. The highest BCUT2D eigenvalue weighted by molar-refractivity contribution is 6.71. The number of esters is 2. The predicted molar refractivity (Wildman–Crippen MR) is 89.5 cm³/mol. The van der Waals surface area contributed by atoms with Crippen LogP contribution in [0.2, 0.25) is 0 Å². The lowest BCUT2D eigenvalue weighted by atomic mass is 9.31. The topological polar surface area (TPSA) is 52.6 Å². The maximum atomic E-state index is 12.3. The molecular weight excluding hydrogens is 456 g/mol. The van der Waals surface area contributed by atoms with Crippen LogP contribution >= 0.6 is 81.2 Å². The summed E-state index contributed by atoms with van der Waals surface area (Å²) < 4.78 is 9.37. The molecule has 0 heterocycles. The Balaban J connectivity index is 2.37. The van der Waals surface area contributed by atoms with Gasteiger partial charge in [0.15, 0.2) is 9.75 Å². The molecule has 0 radical (unpaired) electrons. The number of hydrogen-bond acceptors (Lipinski definition) is 4. The van der Waals surface area contributed by atoms with Crippen molar-refractivity contribution in [2.24, 2.45) is 0 Å². The summed E-state index contributed by atoms with van der Waals surface area (Å²) in [5.41, 5.74) is 0. The molecule has 2 fully saturated rings. The van der Waals surface area contributed by atoms with Crippen molar-refractivity contribution in [2.75, 3.05) is 14.2 Å². The van der Waals surface area contributed by atoms with Gasteiger partial charge in [-0.05, 0) is 6.08 Å². The number of alkyl halides is 6. The SMILES string of the molecule is COC(=O)[C@@]1(Cl)[C@]2(Cl)C=C(Cl)[C@]3(Cl)[C@@](Cl)(C(=O)OC)[C@]2(Cl)[C@]13Cl. The second kappa shape index (κ2) is 4.51. The van der Waals surface area contributed by atoms with Crippen LogP contribution in [0, 0.1) is 0 Å². The molecule has 4 bridgehead atoms. The Labute approximate surface area is 166 Å². The average molecular weight is 463 g/mol. The second-order valence-electron chi connectivity index (χ2n) is 5.48. The smallest absolute Gasteiger partial charge is 0.331 e. The van der Waals surface area contributed by atoms with Gasteiger partial charge in [-0.2, -0.15) is 0 Å². The standard InChI is InChI=1S/C12H7Cl7O4/c1-22-5(20)9(16)7(14)3-4(13)8(15)10(17,6(21)23-2)11(7,18)12(8,9)19/h3H,1-2H3/t7-,8+,9-,10+,11+,12-/m1/s1. The van der Waals surface area contributed by atoms with Crippen LogP contribution in [0.4, 0.5) is 0 Å². The van der Waals surface area contributed by atoms with Crippen LogP contribution in [0.1, 0.15) is 0 Å². The zero-order valence-corrected chi connectivity index (χ0v) is 16.6. The molecule has 4 aliphatic carbocycles. The van der Waals surface area contributed by atoms with Crippen molar-refractivity contribution in [1.29, 1.82) is 0 Å². The van der Waals surface area contributed by atoms with Gasteiger partial charge in [0, 0.05) is 5.03 Å². The molecule has 0 aliphatic heterocycles. The van der Waals surface area contributed by atoms with Gasteiger partial charge >= 0.3 is 11.9 Å². The summed E-state index contributed by atoms with van der Waals surface area (Å²) in [5.74, 6) is -1.98. The second-order valence-corrected chi connectivity index (χ2v) is 9.32. The normalized spacial score (nSPS) is 56.0. The van der Waals surface area contributed by atoms with Crippen molar-refractivity contribution in [3.63, 3.8) is 0 Å². The molecule has 0 spiro atoms. The van der Waals surface area contributed by atoms with Crippen LogP contribution in [0.3, 0.4) is 0 Å². The minimum atomic E-state index is -2.14. The summed E-state index contributed by atoms with van der Waals surface area (Å²) in [6, 6.07) is 0. The Bertz CT molecular complexity index is 699. The molecule has 0 aromatic rings. The Hall–Kier alpha value is 0.710. The van der Waals surface area contributed by atoms with Gasteiger partial charge in [-0.3, -0.25) is 9.59 Å². The molecule has 0 aromatic carbocycles. The van der Waals surface area contributed by atoms with E-state index >= 15 is 0 Å². The quantitative estimate of drug-likeness (QED) is 0.466. The molecule has 0 unspecified atom stereocenters. The molecule has 6 atom stereocenters. The highest BCUT2D eigenvalue weighted by Gasteiger charge is 3.12. The zero-order valence-electron chi connectivity index (χ0n) is 11.4. The maximum absolute atomic E-state index is 12.3. The Morgan fingerprint density at radius 2 is 1.30 bits per heavy atom. The molecule has 4 rings (SSSR count). The first kappa shape index (κ1) is 18.5. The first-order chi connectivity index (χ1) is 10.3.